The molecule has 0 saturated heterocycles. The number of hydrogen-bond acceptors (Lipinski definition) is 4. The van der Waals surface area contributed by atoms with Crippen LogP contribution in [0.1, 0.15) is 0 Å². The number of sulfone groups is 1. The van der Waals surface area contributed by atoms with Crippen molar-refractivity contribution in [2.24, 2.45) is 0 Å². The van der Waals surface area contributed by atoms with E-state index in [2.05, 4.69) is 9.97 Å². The number of fused-ring (bicyclic) bond motifs is 1. The predicted molar refractivity (Wildman–Crippen MR) is 57.7 cm³/mol. The molecule has 0 fully saturated rings. The van der Waals surface area contributed by atoms with Gasteiger partial charge in [0, 0.05) is 17.8 Å². The quantitative estimate of drug-likeness (QED) is 0.714. The summed E-state index contributed by atoms with van der Waals surface area (Å²) in [5, 5.41) is 0.617. The molecule has 2 aromatic rings. The molecule has 0 aliphatic carbocycles. The fourth-order valence-corrected chi connectivity index (χ4v) is 2.47. The van der Waals surface area contributed by atoms with E-state index in [9.17, 15) is 8.42 Å². The van der Waals surface area contributed by atoms with Crippen LogP contribution in [-0.2, 0) is 9.84 Å². The van der Waals surface area contributed by atoms with Crippen molar-refractivity contribution in [2.75, 3.05) is 6.26 Å². The van der Waals surface area contributed by atoms with Crippen molar-refractivity contribution < 1.29 is 8.42 Å². The highest BCUT2D eigenvalue weighted by Gasteiger charge is 2.14. The molecule has 0 amide bonds. The molecule has 78 valence electrons. The Kier molecular flexibility index (Phi) is 2.36. The van der Waals surface area contributed by atoms with Gasteiger partial charge in [-0.3, -0.25) is 0 Å². The van der Waals surface area contributed by atoms with Gasteiger partial charge in [-0.2, -0.15) is 0 Å². The van der Waals surface area contributed by atoms with Gasteiger partial charge in [0.1, 0.15) is 10.0 Å². The molecule has 0 bridgehead atoms. The molecular formula is C9H7ClN2O2S. The third-order valence-corrected chi connectivity index (χ3v) is 3.42. The second-order valence-electron chi connectivity index (χ2n) is 3.10. The van der Waals surface area contributed by atoms with Crippen LogP contribution in [-0.4, -0.2) is 24.6 Å². The number of hydrogen-bond donors (Lipinski definition) is 0. The lowest BCUT2D eigenvalue weighted by Crippen LogP contribution is -2.00. The van der Waals surface area contributed by atoms with Crippen LogP contribution in [0.25, 0.3) is 11.0 Å². The summed E-state index contributed by atoms with van der Waals surface area (Å²) in [6, 6.07) is 4.93. The molecule has 2 rings (SSSR count). The van der Waals surface area contributed by atoms with Crippen molar-refractivity contribution in [3.05, 3.63) is 29.5 Å². The first kappa shape index (κ1) is 10.3. The zero-order chi connectivity index (χ0) is 11.1. The Morgan fingerprint density at radius 2 is 2.13 bits per heavy atom. The smallest absolute Gasteiger partial charge is 0.178 e. The maximum absolute atomic E-state index is 11.4. The van der Waals surface area contributed by atoms with Crippen LogP contribution in [0.15, 0.2) is 29.3 Å². The summed E-state index contributed by atoms with van der Waals surface area (Å²) in [5.74, 6) is 0. The summed E-state index contributed by atoms with van der Waals surface area (Å²) >= 11 is 5.76. The first-order valence-electron chi connectivity index (χ1n) is 4.10. The van der Waals surface area contributed by atoms with Crippen LogP contribution in [0, 0.1) is 0 Å². The summed E-state index contributed by atoms with van der Waals surface area (Å²) < 4.78 is 22.7. The Balaban J connectivity index is 2.84. The van der Waals surface area contributed by atoms with Crippen LogP contribution >= 0.6 is 11.6 Å². The zero-order valence-electron chi connectivity index (χ0n) is 7.81. The van der Waals surface area contributed by atoms with Gasteiger partial charge < -0.3 is 0 Å². The maximum Gasteiger partial charge on any atom is 0.178 e. The standard InChI is InChI=1S/C9H7ClN2O2S/c1-15(13,14)7-5-6-3-2-4-11-9(6)12-8(7)10/h2-5H,1H3. The van der Waals surface area contributed by atoms with Crippen LogP contribution < -0.4 is 0 Å². The molecule has 0 atom stereocenters. The Labute approximate surface area is 91.8 Å². The van der Waals surface area contributed by atoms with E-state index in [1.54, 1.807) is 18.3 Å². The lowest BCUT2D eigenvalue weighted by atomic mass is 10.3. The molecule has 6 heteroatoms. The van der Waals surface area contributed by atoms with Crippen LogP contribution in [0.5, 0.6) is 0 Å². The van der Waals surface area contributed by atoms with E-state index < -0.39 is 9.84 Å². The van der Waals surface area contributed by atoms with Crippen LogP contribution in [0.4, 0.5) is 0 Å². The highest BCUT2D eigenvalue weighted by molar-refractivity contribution is 7.90. The largest absolute Gasteiger partial charge is 0.237 e. The fourth-order valence-electron chi connectivity index (χ4n) is 1.22. The Morgan fingerprint density at radius 1 is 1.40 bits per heavy atom. The predicted octanol–water partition coefficient (Wildman–Crippen LogP) is 1.69. The van der Waals surface area contributed by atoms with Gasteiger partial charge in [0.05, 0.1) is 0 Å². The molecule has 2 heterocycles. The first-order chi connectivity index (χ1) is 6.98. The van der Waals surface area contributed by atoms with E-state index in [1.165, 1.54) is 6.07 Å². The topological polar surface area (TPSA) is 59.9 Å². The van der Waals surface area contributed by atoms with Crippen LogP contribution in [0.3, 0.4) is 0 Å². The SMILES string of the molecule is CS(=O)(=O)c1cc2cccnc2nc1Cl. The minimum absolute atomic E-state index is 0.0321. The highest BCUT2D eigenvalue weighted by Crippen LogP contribution is 2.22. The molecule has 0 aliphatic rings. The van der Waals surface area contributed by atoms with Crippen molar-refractivity contribution in [1.29, 1.82) is 0 Å². The summed E-state index contributed by atoms with van der Waals surface area (Å²) in [5.41, 5.74) is 0.440. The van der Waals surface area contributed by atoms with E-state index in [1.807, 2.05) is 0 Å². The normalized spacial score (nSPS) is 11.9. The van der Waals surface area contributed by atoms with Crippen molar-refractivity contribution in [2.45, 2.75) is 4.90 Å². The first-order valence-corrected chi connectivity index (χ1v) is 6.37. The van der Waals surface area contributed by atoms with Gasteiger partial charge in [-0.05, 0) is 18.2 Å². The summed E-state index contributed by atoms with van der Waals surface area (Å²) in [7, 11) is -3.35. The molecule has 4 nitrogen and oxygen atoms in total. The molecule has 0 aliphatic heterocycles. The van der Waals surface area contributed by atoms with Crippen molar-refractivity contribution >= 4 is 32.5 Å². The van der Waals surface area contributed by atoms with Crippen molar-refractivity contribution in [1.82, 2.24) is 9.97 Å². The number of pyridine rings is 2. The molecular weight excluding hydrogens is 236 g/mol. The molecule has 0 spiro atoms. The van der Waals surface area contributed by atoms with Gasteiger partial charge in [-0.15, -0.1) is 0 Å². The minimum atomic E-state index is -3.35. The molecule has 15 heavy (non-hydrogen) atoms. The fraction of sp³-hybridized carbons (Fsp3) is 0.111. The summed E-state index contributed by atoms with van der Waals surface area (Å²) in [6.45, 7) is 0. The molecule has 0 saturated carbocycles. The summed E-state index contributed by atoms with van der Waals surface area (Å²) in [6.07, 6.45) is 2.67. The molecule has 0 unspecified atom stereocenters. The van der Waals surface area contributed by atoms with E-state index in [0.717, 1.165) is 6.26 Å². The molecule has 0 aromatic carbocycles. The average molecular weight is 243 g/mol. The third kappa shape index (κ3) is 1.93. The zero-order valence-corrected chi connectivity index (χ0v) is 9.38. The lowest BCUT2D eigenvalue weighted by molar-refractivity contribution is 0.601. The number of aromatic nitrogens is 2. The Hall–Kier alpha value is -1.20. The van der Waals surface area contributed by atoms with E-state index in [4.69, 9.17) is 11.6 Å². The van der Waals surface area contributed by atoms with Gasteiger partial charge in [0.2, 0.25) is 0 Å². The van der Waals surface area contributed by atoms with Gasteiger partial charge >= 0.3 is 0 Å². The summed E-state index contributed by atoms with van der Waals surface area (Å²) in [4.78, 5) is 7.92. The lowest BCUT2D eigenvalue weighted by Gasteiger charge is -2.02. The van der Waals surface area contributed by atoms with Crippen molar-refractivity contribution in [3.8, 4) is 0 Å². The molecule has 0 radical (unpaired) electrons. The van der Waals surface area contributed by atoms with Crippen LogP contribution in [0.2, 0.25) is 5.15 Å². The highest BCUT2D eigenvalue weighted by atomic mass is 35.5. The second kappa shape index (κ2) is 3.43. The third-order valence-electron chi connectivity index (χ3n) is 1.91. The van der Waals surface area contributed by atoms with Gasteiger partial charge in [0.25, 0.3) is 0 Å². The molecule has 2 aromatic heterocycles. The maximum atomic E-state index is 11.4. The van der Waals surface area contributed by atoms with Gasteiger partial charge in [-0.25, -0.2) is 18.4 Å². The number of nitrogens with zero attached hydrogens (tertiary/aromatic N) is 2. The van der Waals surface area contributed by atoms with Gasteiger partial charge in [-0.1, -0.05) is 11.6 Å². The Morgan fingerprint density at radius 3 is 2.80 bits per heavy atom. The van der Waals surface area contributed by atoms with E-state index in [0.29, 0.717) is 11.0 Å². The van der Waals surface area contributed by atoms with E-state index in [-0.39, 0.29) is 10.0 Å². The Bertz CT molecular complexity index is 625. The minimum Gasteiger partial charge on any atom is -0.237 e. The number of rotatable bonds is 1. The van der Waals surface area contributed by atoms with E-state index >= 15 is 0 Å². The second-order valence-corrected chi connectivity index (χ2v) is 5.44. The average Bonchev–Trinajstić information content (AvgIpc) is 2.15. The molecule has 0 N–H and O–H groups in total. The van der Waals surface area contributed by atoms with Crippen molar-refractivity contribution in [3.63, 3.8) is 0 Å². The van der Waals surface area contributed by atoms with Gasteiger partial charge in [0.15, 0.2) is 15.5 Å². The number of halogens is 1. The monoisotopic (exact) mass is 242 g/mol.